The van der Waals surface area contributed by atoms with Gasteiger partial charge in [-0.05, 0) is 30.7 Å². The van der Waals surface area contributed by atoms with Crippen LogP contribution in [-0.2, 0) is 6.54 Å². The predicted molar refractivity (Wildman–Crippen MR) is 81.9 cm³/mol. The van der Waals surface area contributed by atoms with Gasteiger partial charge in [-0.15, -0.1) is 0 Å². The molecule has 0 aliphatic carbocycles. The Balaban J connectivity index is 1.71. The topological polar surface area (TPSA) is 29.3 Å². The van der Waals surface area contributed by atoms with Gasteiger partial charge in [0.25, 0.3) is 0 Å². The number of pyridine rings is 1. The molecular weight excluding hydrogens is 270 g/mol. The van der Waals surface area contributed by atoms with Crippen LogP contribution in [0.2, 0.25) is 5.02 Å². The van der Waals surface area contributed by atoms with Crippen molar-refractivity contribution in [3.63, 3.8) is 0 Å². The highest BCUT2D eigenvalue weighted by Crippen LogP contribution is 2.22. The van der Waals surface area contributed by atoms with E-state index in [1.807, 2.05) is 59.3 Å². The van der Waals surface area contributed by atoms with Crippen LogP contribution in [-0.4, -0.2) is 9.38 Å². The van der Waals surface area contributed by atoms with E-state index in [2.05, 4.69) is 17.2 Å². The van der Waals surface area contributed by atoms with Crippen molar-refractivity contribution in [2.75, 3.05) is 0 Å². The molecule has 20 heavy (non-hydrogen) atoms. The molecule has 0 bridgehead atoms. The van der Waals surface area contributed by atoms with E-state index < -0.39 is 0 Å². The van der Waals surface area contributed by atoms with Crippen LogP contribution in [0.4, 0.5) is 0 Å². The summed E-state index contributed by atoms with van der Waals surface area (Å²) in [5.74, 6) is 0. The first-order chi connectivity index (χ1) is 9.74. The van der Waals surface area contributed by atoms with Gasteiger partial charge in [-0.25, -0.2) is 4.98 Å². The zero-order chi connectivity index (χ0) is 13.9. The maximum Gasteiger partial charge on any atom is 0.137 e. The Kier molecular flexibility index (Phi) is 3.72. The first-order valence-electron chi connectivity index (χ1n) is 6.64. The summed E-state index contributed by atoms with van der Waals surface area (Å²) in [6, 6.07) is 14.1. The van der Waals surface area contributed by atoms with E-state index in [1.165, 1.54) is 0 Å². The Hall–Kier alpha value is -1.84. The average Bonchev–Trinajstić information content (AvgIpc) is 2.88. The van der Waals surface area contributed by atoms with Crippen molar-refractivity contribution in [3.8, 4) is 0 Å². The molecule has 1 aromatic carbocycles. The maximum atomic E-state index is 6.21. The molecule has 2 heterocycles. The molecule has 1 unspecified atom stereocenters. The summed E-state index contributed by atoms with van der Waals surface area (Å²) in [4.78, 5) is 4.57. The SMILES string of the molecule is CC(NCc1cn2ccccc2n1)c1ccccc1Cl. The number of nitrogens with zero attached hydrogens (tertiary/aromatic N) is 2. The number of rotatable bonds is 4. The Morgan fingerprint density at radius 3 is 2.80 bits per heavy atom. The summed E-state index contributed by atoms with van der Waals surface area (Å²) < 4.78 is 2.02. The number of nitrogens with one attached hydrogen (secondary N) is 1. The second-order valence-electron chi connectivity index (χ2n) is 4.82. The van der Waals surface area contributed by atoms with Crippen LogP contribution in [0.25, 0.3) is 5.65 Å². The quantitative estimate of drug-likeness (QED) is 0.789. The van der Waals surface area contributed by atoms with Crippen LogP contribution >= 0.6 is 11.6 Å². The van der Waals surface area contributed by atoms with Gasteiger partial charge < -0.3 is 9.72 Å². The Bertz CT molecular complexity index is 687. The fourth-order valence-corrected chi connectivity index (χ4v) is 2.57. The minimum Gasteiger partial charge on any atom is -0.307 e. The molecule has 3 rings (SSSR count). The summed E-state index contributed by atoms with van der Waals surface area (Å²) in [6.07, 6.45) is 4.05. The normalized spacial score (nSPS) is 12.7. The number of aromatic nitrogens is 2. The van der Waals surface area contributed by atoms with Gasteiger partial charge >= 0.3 is 0 Å². The van der Waals surface area contributed by atoms with Gasteiger partial charge in [0, 0.05) is 30.0 Å². The molecule has 3 aromatic rings. The lowest BCUT2D eigenvalue weighted by molar-refractivity contribution is 0.569. The lowest BCUT2D eigenvalue weighted by Crippen LogP contribution is -2.18. The van der Waals surface area contributed by atoms with Crippen LogP contribution in [0.1, 0.15) is 24.2 Å². The smallest absolute Gasteiger partial charge is 0.137 e. The van der Waals surface area contributed by atoms with Crippen molar-refractivity contribution in [1.29, 1.82) is 0 Å². The van der Waals surface area contributed by atoms with E-state index >= 15 is 0 Å². The molecule has 0 radical (unpaired) electrons. The monoisotopic (exact) mass is 285 g/mol. The van der Waals surface area contributed by atoms with Crippen molar-refractivity contribution in [3.05, 3.63) is 71.1 Å². The van der Waals surface area contributed by atoms with Gasteiger partial charge in [-0.1, -0.05) is 35.9 Å². The van der Waals surface area contributed by atoms with E-state index in [0.29, 0.717) is 6.54 Å². The van der Waals surface area contributed by atoms with Gasteiger partial charge in [0.05, 0.1) is 5.69 Å². The number of fused-ring (bicyclic) bond motifs is 1. The minimum atomic E-state index is 0.188. The lowest BCUT2D eigenvalue weighted by Gasteiger charge is -2.14. The molecular formula is C16H16ClN3. The minimum absolute atomic E-state index is 0.188. The van der Waals surface area contributed by atoms with E-state index in [4.69, 9.17) is 11.6 Å². The van der Waals surface area contributed by atoms with Crippen molar-refractivity contribution >= 4 is 17.2 Å². The average molecular weight is 286 g/mol. The standard InChI is InChI=1S/C16H16ClN3/c1-12(14-6-2-3-7-15(14)17)18-10-13-11-20-9-5-4-8-16(20)19-13/h2-9,11-12,18H,10H2,1H3. The molecule has 0 aliphatic heterocycles. The fourth-order valence-electron chi connectivity index (χ4n) is 2.27. The molecule has 0 spiro atoms. The van der Waals surface area contributed by atoms with Gasteiger partial charge in [0.1, 0.15) is 5.65 Å². The van der Waals surface area contributed by atoms with E-state index in [1.54, 1.807) is 0 Å². The van der Waals surface area contributed by atoms with Crippen molar-refractivity contribution in [1.82, 2.24) is 14.7 Å². The Morgan fingerprint density at radius 1 is 1.20 bits per heavy atom. The molecule has 102 valence electrons. The summed E-state index contributed by atoms with van der Waals surface area (Å²) in [6.45, 7) is 2.82. The van der Waals surface area contributed by atoms with Crippen LogP contribution in [0.3, 0.4) is 0 Å². The fraction of sp³-hybridized carbons (Fsp3) is 0.188. The number of imidazole rings is 1. The van der Waals surface area contributed by atoms with Gasteiger partial charge in [-0.3, -0.25) is 0 Å². The number of hydrogen-bond acceptors (Lipinski definition) is 2. The maximum absolute atomic E-state index is 6.21. The van der Waals surface area contributed by atoms with Crippen LogP contribution in [0.15, 0.2) is 54.9 Å². The summed E-state index contributed by atoms with van der Waals surface area (Å²) in [5, 5.41) is 4.25. The molecule has 4 heteroatoms. The lowest BCUT2D eigenvalue weighted by atomic mass is 10.1. The number of halogens is 1. The zero-order valence-electron chi connectivity index (χ0n) is 11.3. The van der Waals surface area contributed by atoms with Gasteiger partial charge in [-0.2, -0.15) is 0 Å². The highest BCUT2D eigenvalue weighted by atomic mass is 35.5. The van der Waals surface area contributed by atoms with E-state index in [9.17, 15) is 0 Å². The molecule has 1 atom stereocenters. The zero-order valence-corrected chi connectivity index (χ0v) is 12.0. The second kappa shape index (κ2) is 5.65. The van der Waals surface area contributed by atoms with Gasteiger partial charge in [0.2, 0.25) is 0 Å². The summed E-state index contributed by atoms with van der Waals surface area (Å²) in [5.41, 5.74) is 3.10. The second-order valence-corrected chi connectivity index (χ2v) is 5.23. The molecule has 0 saturated carbocycles. The van der Waals surface area contributed by atoms with Crippen molar-refractivity contribution < 1.29 is 0 Å². The first kappa shape index (κ1) is 13.2. The summed E-state index contributed by atoms with van der Waals surface area (Å²) >= 11 is 6.21. The Morgan fingerprint density at radius 2 is 2.00 bits per heavy atom. The number of hydrogen-bond donors (Lipinski definition) is 1. The largest absolute Gasteiger partial charge is 0.307 e. The first-order valence-corrected chi connectivity index (χ1v) is 7.02. The molecule has 3 nitrogen and oxygen atoms in total. The molecule has 1 N–H and O–H groups in total. The van der Waals surface area contributed by atoms with E-state index in [0.717, 1.165) is 21.9 Å². The molecule has 0 amide bonds. The third-order valence-corrected chi connectivity index (χ3v) is 3.72. The third-order valence-electron chi connectivity index (χ3n) is 3.37. The van der Waals surface area contributed by atoms with Crippen LogP contribution in [0.5, 0.6) is 0 Å². The van der Waals surface area contributed by atoms with Gasteiger partial charge in [0.15, 0.2) is 0 Å². The summed E-state index contributed by atoms with van der Waals surface area (Å²) in [7, 11) is 0. The predicted octanol–water partition coefficient (Wildman–Crippen LogP) is 3.84. The van der Waals surface area contributed by atoms with Crippen LogP contribution < -0.4 is 5.32 Å². The highest BCUT2D eigenvalue weighted by molar-refractivity contribution is 6.31. The highest BCUT2D eigenvalue weighted by Gasteiger charge is 2.09. The van der Waals surface area contributed by atoms with Crippen molar-refractivity contribution in [2.45, 2.75) is 19.5 Å². The molecule has 0 aliphatic rings. The third kappa shape index (κ3) is 2.69. The molecule has 0 fully saturated rings. The number of benzene rings is 1. The van der Waals surface area contributed by atoms with E-state index in [-0.39, 0.29) is 6.04 Å². The molecule has 2 aromatic heterocycles. The van der Waals surface area contributed by atoms with Crippen LogP contribution in [0, 0.1) is 0 Å². The molecule has 0 saturated heterocycles. The Labute approximate surface area is 123 Å². The van der Waals surface area contributed by atoms with Crippen molar-refractivity contribution in [2.24, 2.45) is 0 Å².